The van der Waals surface area contributed by atoms with Gasteiger partial charge in [-0.15, -0.1) is 11.3 Å². The monoisotopic (exact) mass is 292 g/mol. The molecule has 0 radical (unpaired) electrons. The third kappa shape index (κ3) is 2.86. The smallest absolute Gasteiger partial charge is 0.320 e. The van der Waals surface area contributed by atoms with Crippen LogP contribution in [-0.4, -0.2) is 27.9 Å². The number of fused-ring (bicyclic) bond motifs is 1. The molecule has 2 aromatic rings. The molecule has 0 aromatic carbocycles. The van der Waals surface area contributed by atoms with Crippen LogP contribution in [0.15, 0.2) is 12.3 Å². The standard InChI is InChI=1S/C14H16N2O3S/c1-7-6-16-10-5-12(20-13(10)8(7)2)11(17)4-3-9(15)14(18)19/h5-6,9H,3-4,15H2,1-2H3,(H,18,19)/t9-/m1/s1. The Morgan fingerprint density at radius 1 is 1.45 bits per heavy atom. The Bertz CT molecular complexity index is 678. The third-order valence-electron chi connectivity index (χ3n) is 3.32. The fraction of sp³-hybridized carbons (Fsp3) is 0.357. The van der Waals surface area contributed by atoms with E-state index in [1.807, 2.05) is 13.8 Å². The largest absolute Gasteiger partial charge is 0.480 e. The number of carbonyl (C=O) groups excluding carboxylic acids is 1. The lowest BCUT2D eigenvalue weighted by Crippen LogP contribution is -2.30. The molecule has 0 spiro atoms. The van der Waals surface area contributed by atoms with Crippen LogP contribution >= 0.6 is 11.3 Å². The molecule has 20 heavy (non-hydrogen) atoms. The molecule has 2 aromatic heterocycles. The minimum absolute atomic E-state index is 0.0817. The number of aromatic nitrogens is 1. The maximum atomic E-state index is 12.1. The number of aliphatic carboxylic acids is 1. The molecule has 0 aliphatic heterocycles. The van der Waals surface area contributed by atoms with Gasteiger partial charge in [0.15, 0.2) is 5.78 Å². The Balaban J connectivity index is 2.19. The number of thiophene rings is 1. The van der Waals surface area contributed by atoms with E-state index < -0.39 is 12.0 Å². The summed E-state index contributed by atoms with van der Waals surface area (Å²) in [6.45, 7) is 3.99. The first-order valence-corrected chi connectivity index (χ1v) is 7.09. The fourth-order valence-electron chi connectivity index (χ4n) is 1.86. The van der Waals surface area contributed by atoms with Crippen molar-refractivity contribution in [1.82, 2.24) is 4.98 Å². The molecule has 0 unspecified atom stereocenters. The molecule has 5 nitrogen and oxygen atoms in total. The summed E-state index contributed by atoms with van der Waals surface area (Å²) in [7, 11) is 0. The zero-order valence-electron chi connectivity index (χ0n) is 11.3. The normalized spacial score (nSPS) is 12.6. The summed E-state index contributed by atoms with van der Waals surface area (Å²) in [6, 6.07) is 0.775. The van der Waals surface area contributed by atoms with E-state index >= 15 is 0 Å². The number of nitrogens with two attached hydrogens (primary N) is 1. The Kier molecular flexibility index (Phi) is 4.15. The highest BCUT2D eigenvalue weighted by Gasteiger charge is 2.17. The van der Waals surface area contributed by atoms with E-state index in [4.69, 9.17) is 10.8 Å². The summed E-state index contributed by atoms with van der Waals surface area (Å²) in [5.74, 6) is -1.16. The number of carbonyl (C=O) groups is 2. The first-order chi connectivity index (χ1) is 9.40. The molecule has 1 atom stereocenters. The van der Waals surface area contributed by atoms with Gasteiger partial charge in [0.05, 0.1) is 15.1 Å². The predicted octanol–water partition coefficient (Wildman–Crippen LogP) is 2.29. The van der Waals surface area contributed by atoms with Crippen molar-refractivity contribution in [3.8, 4) is 0 Å². The first kappa shape index (κ1) is 14.6. The Labute approximate surface area is 120 Å². The summed E-state index contributed by atoms with van der Waals surface area (Å²) in [4.78, 5) is 27.6. The lowest BCUT2D eigenvalue weighted by Gasteiger charge is -2.03. The number of Topliss-reactive ketones (excluding diaryl/α,β-unsaturated/α-hetero) is 1. The molecule has 0 aliphatic carbocycles. The van der Waals surface area contributed by atoms with Crippen LogP contribution in [0.3, 0.4) is 0 Å². The minimum atomic E-state index is -1.08. The van der Waals surface area contributed by atoms with Crippen LogP contribution in [0, 0.1) is 13.8 Å². The zero-order valence-corrected chi connectivity index (χ0v) is 12.2. The molecule has 3 N–H and O–H groups in total. The van der Waals surface area contributed by atoms with E-state index in [1.54, 1.807) is 12.3 Å². The van der Waals surface area contributed by atoms with E-state index in [1.165, 1.54) is 11.3 Å². The predicted molar refractivity (Wildman–Crippen MR) is 78.3 cm³/mol. The number of aryl methyl sites for hydroxylation is 2. The molecule has 0 amide bonds. The maximum absolute atomic E-state index is 12.1. The second kappa shape index (κ2) is 5.68. The first-order valence-electron chi connectivity index (χ1n) is 6.27. The highest BCUT2D eigenvalue weighted by Crippen LogP contribution is 2.29. The molecule has 0 bridgehead atoms. The number of rotatable bonds is 5. The van der Waals surface area contributed by atoms with Crippen LogP contribution in [0.2, 0.25) is 0 Å². The van der Waals surface area contributed by atoms with Gasteiger partial charge in [0.1, 0.15) is 6.04 Å². The lowest BCUT2D eigenvalue weighted by atomic mass is 10.1. The maximum Gasteiger partial charge on any atom is 0.320 e. The number of nitrogens with zero attached hydrogens (tertiary/aromatic N) is 1. The Hall–Kier alpha value is -1.79. The van der Waals surface area contributed by atoms with Crippen molar-refractivity contribution in [2.75, 3.05) is 0 Å². The van der Waals surface area contributed by atoms with Crippen LogP contribution in [0.1, 0.15) is 33.6 Å². The van der Waals surface area contributed by atoms with Crippen molar-refractivity contribution in [2.45, 2.75) is 32.7 Å². The summed E-state index contributed by atoms with van der Waals surface area (Å²) >= 11 is 1.41. The summed E-state index contributed by atoms with van der Waals surface area (Å²) in [5.41, 5.74) is 8.43. The second-order valence-corrected chi connectivity index (χ2v) is 5.85. The van der Waals surface area contributed by atoms with Crippen molar-refractivity contribution in [2.24, 2.45) is 5.73 Å². The molecule has 2 heterocycles. The van der Waals surface area contributed by atoms with Crippen LogP contribution in [0.25, 0.3) is 10.2 Å². The van der Waals surface area contributed by atoms with Gasteiger partial charge in [-0.3, -0.25) is 14.6 Å². The number of hydrogen-bond donors (Lipinski definition) is 2. The van der Waals surface area contributed by atoms with Gasteiger partial charge in [-0.05, 0) is 37.5 Å². The number of carboxylic acid groups (broad SMARTS) is 1. The van der Waals surface area contributed by atoms with Crippen molar-refractivity contribution < 1.29 is 14.7 Å². The van der Waals surface area contributed by atoms with Crippen LogP contribution in [0.5, 0.6) is 0 Å². The van der Waals surface area contributed by atoms with E-state index in [0.29, 0.717) is 4.88 Å². The average Bonchev–Trinajstić information content (AvgIpc) is 2.84. The van der Waals surface area contributed by atoms with Crippen LogP contribution in [0.4, 0.5) is 0 Å². The van der Waals surface area contributed by atoms with Gasteiger partial charge in [0.25, 0.3) is 0 Å². The molecule has 0 saturated carbocycles. The molecule has 0 saturated heterocycles. The SMILES string of the molecule is Cc1cnc2cc(C(=O)CC[C@@H](N)C(=O)O)sc2c1C. The molecular weight excluding hydrogens is 276 g/mol. The van der Waals surface area contributed by atoms with Crippen molar-refractivity contribution in [3.63, 3.8) is 0 Å². The molecule has 6 heteroatoms. The third-order valence-corrected chi connectivity index (χ3v) is 4.60. The van der Waals surface area contributed by atoms with Crippen molar-refractivity contribution >= 4 is 33.3 Å². The van der Waals surface area contributed by atoms with Gasteiger partial charge in [0, 0.05) is 12.6 Å². The van der Waals surface area contributed by atoms with Gasteiger partial charge in [-0.25, -0.2) is 0 Å². The zero-order chi connectivity index (χ0) is 14.9. The number of ketones is 1. The summed E-state index contributed by atoms with van der Waals surface area (Å²) in [6.07, 6.45) is 2.07. The van der Waals surface area contributed by atoms with Crippen molar-refractivity contribution in [3.05, 3.63) is 28.3 Å². The van der Waals surface area contributed by atoms with Gasteiger partial charge in [-0.2, -0.15) is 0 Å². The van der Waals surface area contributed by atoms with Crippen LogP contribution < -0.4 is 5.73 Å². The summed E-state index contributed by atoms with van der Waals surface area (Å²) < 4.78 is 1.01. The highest BCUT2D eigenvalue weighted by atomic mass is 32.1. The fourth-order valence-corrected chi connectivity index (χ4v) is 3.00. The second-order valence-electron chi connectivity index (χ2n) is 4.80. The molecule has 2 rings (SSSR count). The minimum Gasteiger partial charge on any atom is -0.480 e. The Morgan fingerprint density at radius 2 is 2.15 bits per heavy atom. The highest BCUT2D eigenvalue weighted by molar-refractivity contribution is 7.21. The van der Waals surface area contributed by atoms with E-state index in [2.05, 4.69) is 4.98 Å². The molecular formula is C14H16N2O3S. The number of pyridine rings is 1. The van der Waals surface area contributed by atoms with Gasteiger partial charge in [0.2, 0.25) is 0 Å². The number of hydrogen-bond acceptors (Lipinski definition) is 5. The van der Waals surface area contributed by atoms with E-state index in [0.717, 1.165) is 21.3 Å². The topological polar surface area (TPSA) is 93.3 Å². The molecule has 0 aliphatic rings. The quantitative estimate of drug-likeness (QED) is 0.825. The van der Waals surface area contributed by atoms with Gasteiger partial charge < -0.3 is 10.8 Å². The summed E-state index contributed by atoms with van der Waals surface area (Å²) in [5, 5.41) is 8.70. The van der Waals surface area contributed by atoms with E-state index in [9.17, 15) is 9.59 Å². The van der Waals surface area contributed by atoms with Crippen molar-refractivity contribution in [1.29, 1.82) is 0 Å². The average molecular weight is 292 g/mol. The molecule has 106 valence electrons. The Morgan fingerprint density at radius 3 is 2.80 bits per heavy atom. The van der Waals surface area contributed by atoms with Crippen LogP contribution in [-0.2, 0) is 4.79 Å². The van der Waals surface area contributed by atoms with Gasteiger partial charge >= 0.3 is 5.97 Å². The van der Waals surface area contributed by atoms with E-state index in [-0.39, 0.29) is 18.6 Å². The van der Waals surface area contributed by atoms with Gasteiger partial charge in [-0.1, -0.05) is 0 Å². The lowest BCUT2D eigenvalue weighted by molar-refractivity contribution is -0.138. The number of carboxylic acids is 1. The molecule has 0 fully saturated rings.